The monoisotopic (exact) mass is 562 g/mol. The van der Waals surface area contributed by atoms with Gasteiger partial charge in [-0.25, -0.2) is 4.99 Å². The molecule has 4 aromatic rings. The zero-order valence-corrected chi connectivity index (χ0v) is 24.9. The molecule has 0 bridgehead atoms. The van der Waals surface area contributed by atoms with E-state index in [1.165, 1.54) is 34.0 Å². The number of amidine groups is 1. The van der Waals surface area contributed by atoms with Crippen molar-refractivity contribution < 1.29 is 14.3 Å². The van der Waals surface area contributed by atoms with Crippen molar-refractivity contribution >= 4 is 34.6 Å². The minimum Gasteiger partial charge on any atom is -0.493 e. The Hall–Kier alpha value is -4.29. The predicted octanol–water partition coefficient (Wildman–Crippen LogP) is 8.56. The van der Waals surface area contributed by atoms with Crippen molar-refractivity contribution in [3.8, 4) is 11.5 Å². The van der Waals surface area contributed by atoms with Crippen molar-refractivity contribution in [3.05, 3.63) is 129 Å². The van der Waals surface area contributed by atoms with Crippen LogP contribution in [-0.4, -0.2) is 23.1 Å². The Kier molecular flexibility index (Phi) is 8.60. The minimum absolute atomic E-state index is 0.0781. The van der Waals surface area contributed by atoms with Gasteiger partial charge in [0.2, 0.25) is 0 Å². The van der Waals surface area contributed by atoms with Gasteiger partial charge in [0.25, 0.3) is 5.91 Å². The van der Waals surface area contributed by atoms with Gasteiger partial charge in [-0.1, -0.05) is 72.3 Å². The number of hydrogen-bond donors (Lipinski definition) is 0. The van der Waals surface area contributed by atoms with Crippen LogP contribution < -0.4 is 9.47 Å². The number of benzene rings is 4. The maximum Gasteiger partial charge on any atom is 0.267 e. The van der Waals surface area contributed by atoms with Crippen molar-refractivity contribution in [2.24, 2.45) is 4.99 Å². The number of aliphatic imine (C=N–C) groups is 1. The van der Waals surface area contributed by atoms with Crippen LogP contribution in [0.25, 0.3) is 6.08 Å². The number of carbonyl (C=O) groups is 1. The Morgan fingerprint density at radius 1 is 0.878 bits per heavy atom. The second-order valence-electron chi connectivity index (χ2n) is 10.2. The van der Waals surface area contributed by atoms with Gasteiger partial charge in [0, 0.05) is 0 Å². The molecule has 1 aliphatic heterocycles. The van der Waals surface area contributed by atoms with Crippen molar-refractivity contribution in [2.75, 3.05) is 7.11 Å². The summed E-state index contributed by atoms with van der Waals surface area (Å²) in [4.78, 5) is 21.0. The first-order valence-electron chi connectivity index (χ1n) is 13.6. The summed E-state index contributed by atoms with van der Waals surface area (Å²) in [5.74, 6) is 1.20. The van der Waals surface area contributed by atoms with Crippen LogP contribution >= 0.6 is 11.8 Å². The Balaban J connectivity index is 1.43. The van der Waals surface area contributed by atoms with E-state index in [2.05, 4.69) is 32.9 Å². The van der Waals surface area contributed by atoms with Gasteiger partial charge in [0.15, 0.2) is 16.7 Å². The normalized spacial score (nSPS) is 15.9. The number of methoxy groups -OCH3 is 1. The molecular formula is C35H34N2O3S. The predicted molar refractivity (Wildman–Crippen MR) is 169 cm³/mol. The fourth-order valence-corrected chi connectivity index (χ4v) is 6.10. The van der Waals surface area contributed by atoms with Gasteiger partial charge in [0.05, 0.1) is 23.7 Å². The molecule has 0 radical (unpaired) electrons. The molecule has 0 aromatic heterocycles. The van der Waals surface area contributed by atoms with Crippen molar-refractivity contribution in [2.45, 2.75) is 40.3 Å². The minimum atomic E-state index is -0.177. The van der Waals surface area contributed by atoms with Gasteiger partial charge in [-0.2, -0.15) is 0 Å². The summed E-state index contributed by atoms with van der Waals surface area (Å²) in [7, 11) is 1.63. The van der Waals surface area contributed by atoms with Crippen LogP contribution in [0.5, 0.6) is 11.5 Å². The zero-order chi connectivity index (χ0) is 28.9. The smallest absolute Gasteiger partial charge is 0.267 e. The maximum atomic E-state index is 13.8. The molecule has 6 heteroatoms. The molecule has 41 heavy (non-hydrogen) atoms. The third-order valence-electron chi connectivity index (χ3n) is 7.18. The number of thioether (sulfide) groups is 1. The molecule has 0 aliphatic carbocycles. The quantitative estimate of drug-likeness (QED) is 0.202. The lowest BCUT2D eigenvalue weighted by atomic mass is 10.0. The number of rotatable bonds is 8. The van der Waals surface area contributed by atoms with Crippen molar-refractivity contribution in [1.82, 2.24) is 4.90 Å². The fourth-order valence-electron chi connectivity index (χ4n) is 5.03. The summed E-state index contributed by atoms with van der Waals surface area (Å²) < 4.78 is 11.9. The SMILES string of the molecule is COc1cc(/C=C2/SC(=Nc3ccccc3)N([C@@H](C)c3ccccc3)C2=O)ccc1OCc1c(C)cc(C)cc1C. The Labute approximate surface area is 246 Å². The molecule has 1 fully saturated rings. The summed E-state index contributed by atoms with van der Waals surface area (Å²) in [5.41, 5.74) is 7.54. The lowest BCUT2D eigenvalue weighted by Crippen LogP contribution is -2.32. The number of para-hydroxylation sites is 1. The fraction of sp³-hybridized carbons (Fsp3) is 0.200. The summed E-state index contributed by atoms with van der Waals surface area (Å²) in [6.45, 7) is 8.81. The first kappa shape index (κ1) is 28.2. The van der Waals surface area contributed by atoms with Crippen LogP contribution in [0.1, 0.15) is 46.3 Å². The topological polar surface area (TPSA) is 51.1 Å². The van der Waals surface area contributed by atoms with Crippen LogP contribution in [0.2, 0.25) is 0 Å². The molecule has 1 atom stereocenters. The lowest BCUT2D eigenvalue weighted by Gasteiger charge is -2.24. The molecule has 0 N–H and O–H groups in total. The van der Waals surface area contributed by atoms with Crippen molar-refractivity contribution in [1.29, 1.82) is 0 Å². The van der Waals surface area contributed by atoms with Gasteiger partial charge in [0.1, 0.15) is 6.61 Å². The van der Waals surface area contributed by atoms with Gasteiger partial charge in [-0.3, -0.25) is 9.69 Å². The molecule has 208 valence electrons. The standard InChI is InChI=1S/C35H34N2O3S/c1-23-18-24(2)30(25(3)19-23)22-40-31-17-16-27(20-32(31)39-5)21-33-34(38)37(26(4)28-12-8-6-9-13-28)35(41-33)36-29-14-10-7-11-15-29/h6-21,26H,22H2,1-5H3/b33-21+,36-35?/t26-/m0/s1. The van der Waals surface area contributed by atoms with E-state index in [0.717, 1.165) is 16.8 Å². The van der Waals surface area contributed by atoms with E-state index in [1.807, 2.05) is 91.9 Å². The van der Waals surface area contributed by atoms with E-state index in [0.29, 0.717) is 28.2 Å². The number of aryl methyl sites for hydroxylation is 3. The van der Waals surface area contributed by atoms with E-state index in [9.17, 15) is 4.79 Å². The Morgan fingerprint density at radius 3 is 2.20 bits per heavy atom. The van der Waals surface area contributed by atoms with Crippen LogP contribution in [-0.2, 0) is 11.4 Å². The summed E-state index contributed by atoms with van der Waals surface area (Å²) in [6, 6.07) is 29.7. The van der Waals surface area contributed by atoms with Crippen LogP contribution in [0.15, 0.2) is 101 Å². The van der Waals surface area contributed by atoms with Crippen LogP contribution in [0, 0.1) is 20.8 Å². The van der Waals surface area contributed by atoms with E-state index in [1.54, 1.807) is 12.0 Å². The average Bonchev–Trinajstić information content (AvgIpc) is 3.27. The first-order valence-corrected chi connectivity index (χ1v) is 14.4. The lowest BCUT2D eigenvalue weighted by molar-refractivity contribution is -0.123. The Bertz CT molecular complexity index is 1590. The molecule has 0 unspecified atom stereocenters. The highest BCUT2D eigenvalue weighted by Crippen LogP contribution is 2.40. The second-order valence-corrected chi connectivity index (χ2v) is 11.2. The van der Waals surface area contributed by atoms with Crippen LogP contribution in [0.3, 0.4) is 0 Å². The summed E-state index contributed by atoms with van der Waals surface area (Å²) >= 11 is 1.38. The van der Waals surface area contributed by atoms with Crippen molar-refractivity contribution in [3.63, 3.8) is 0 Å². The third kappa shape index (κ3) is 6.39. The molecule has 1 amide bonds. The molecule has 4 aromatic carbocycles. The Morgan fingerprint density at radius 2 is 1.54 bits per heavy atom. The average molecular weight is 563 g/mol. The van der Waals surface area contributed by atoms with Crippen LogP contribution in [0.4, 0.5) is 5.69 Å². The number of ether oxygens (including phenoxy) is 2. The van der Waals surface area contributed by atoms with Gasteiger partial charge in [-0.15, -0.1) is 0 Å². The molecule has 1 aliphatic rings. The van der Waals surface area contributed by atoms with Gasteiger partial charge in [-0.05, 0) is 97.6 Å². The molecular weight excluding hydrogens is 528 g/mol. The first-order chi connectivity index (χ1) is 19.8. The molecule has 0 saturated carbocycles. The number of carbonyl (C=O) groups excluding carboxylic acids is 1. The molecule has 5 rings (SSSR count). The molecule has 5 nitrogen and oxygen atoms in total. The summed E-state index contributed by atoms with van der Waals surface area (Å²) in [6.07, 6.45) is 1.89. The van der Waals surface area contributed by atoms with E-state index in [-0.39, 0.29) is 11.9 Å². The number of hydrogen-bond acceptors (Lipinski definition) is 5. The van der Waals surface area contributed by atoms with E-state index < -0.39 is 0 Å². The number of amides is 1. The van der Waals surface area contributed by atoms with Gasteiger partial charge >= 0.3 is 0 Å². The zero-order valence-electron chi connectivity index (χ0n) is 24.0. The maximum absolute atomic E-state index is 13.8. The van der Waals surface area contributed by atoms with E-state index >= 15 is 0 Å². The highest BCUT2D eigenvalue weighted by atomic mass is 32.2. The molecule has 0 spiro atoms. The highest BCUT2D eigenvalue weighted by molar-refractivity contribution is 8.18. The highest BCUT2D eigenvalue weighted by Gasteiger charge is 2.37. The largest absolute Gasteiger partial charge is 0.493 e. The third-order valence-corrected chi connectivity index (χ3v) is 8.17. The second kappa shape index (κ2) is 12.5. The van der Waals surface area contributed by atoms with E-state index in [4.69, 9.17) is 14.5 Å². The molecule has 1 heterocycles. The number of nitrogens with zero attached hydrogens (tertiary/aromatic N) is 2. The van der Waals surface area contributed by atoms with Gasteiger partial charge < -0.3 is 9.47 Å². The molecule has 1 saturated heterocycles. The summed E-state index contributed by atoms with van der Waals surface area (Å²) in [5, 5.41) is 0.652.